The van der Waals surface area contributed by atoms with Gasteiger partial charge in [0.25, 0.3) is 0 Å². The van der Waals surface area contributed by atoms with Crippen molar-refractivity contribution in [2.45, 2.75) is 51.4 Å². The SMILES string of the molecule is O=C(CCCc1ccccc1)OC(=O)c1ccccc1.O=C(O)CCCCCc1ccccc1. The minimum Gasteiger partial charge on any atom is -0.481 e. The molecule has 0 spiro atoms. The Labute approximate surface area is 201 Å². The van der Waals surface area contributed by atoms with Crippen LogP contribution in [0.2, 0.25) is 0 Å². The number of esters is 2. The quantitative estimate of drug-likeness (QED) is 0.207. The second-order valence-electron chi connectivity index (χ2n) is 7.91. The number of carboxylic acids is 1. The molecule has 3 aromatic carbocycles. The van der Waals surface area contributed by atoms with Crippen molar-refractivity contribution in [2.75, 3.05) is 0 Å². The molecule has 5 heteroatoms. The molecule has 1 N–H and O–H groups in total. The van der Waals surface area contributed by atoms with E-state index in [1.54, 1.807) is 30.3 Å². The van der Waals surface area contributed by atoms with Crippen molar-refractivity contribution in [1.82, 2.24) is 0 Å². The molecule has 178 valence electrons. The van der Waals surface area contributed by atoms with Crippen molar-refractivity contribution < 1.29 is 24.2 Å². The fourth-order valence-corrected chi connectivity index (χ4v) is 3.30. The molecule has 0 aliphatic carbocycles. The van der Waals surface area contributed by atoms with Crippen LogP contribution >= 0.6 is 0 Å². The van der Waals surface area contributed by atoms with Gasteiger partial charge in [-0.1, -0.05) is 85.3 Å². The monoisotopic (exact) mass is 460 g/mol. The van der Waals surface area contributed by atoms with Gasteiger partial charge in [0.2, 0.25) is 0 Å². The van der Waals surface area contributed by atoms with Crippen LogP contribution in [-0.4, -0.2) is 23.0 Å². The van der Waals surface area contributed by atoms with Crippen molar-refractivity contribution in [2.24, 2.45) is 0 Å². The third-order valence-electron chi connectivity index (χ3n) is 5.10. The normalized spacial score (nSPS) is 10.0. The Kier molecular flexibility index (Phi) is 12.5. The van der Waals surface area contributed by atoms with Crippen LogP contribution < -0.4 is 0 Å². The molecule has 0 saturated carbocycles. The number of carbonyl (C=O) groups excluding carboxylic acids is 2. The summed E-state index contributed by atoms with van der Waals surface area (Å²) in [4.78, 5) is 33.5. The Morgan fingerprint density at radius 1 is 0.588 bits per heavy atom. The molecule has 0 fully saturated rings. The average molecular weight is 461 g/mol. The molecule has 0 aromatic heterocycles. The lowest BCUT2D eigenvalue weighted by atomic mass is 10.1. The van der Waals surface area contributed by atoms with Gasteiger partial charge in [-0.2, -0.15) is 0 Å². The minimum atomic E-state index is -0.690. The Hall–Kier alpha value is -3.73. The molecule has 0 radical (unpaired) electrons. The summed E-state index contributed by atoms with van der Waals surface area (Å²) < 4.78 is 4.80. The highest BCUT2D eigenvalue weighted by atomic mass is 16.6. The summed E-state index contributed by atoms with van der Waals surface area (Å²) in [6, 6.07) is 28.7. The molecular formula is C29H32O5. The highest BCUT2D eigenvalue weighted by molar-refractivity contribution is 5.96. The van der Waals surface area contributed by atoms with E-state index in [-0.39, 0.29) is 6.42 Å². The molecule has 34 heavy (non-hydrogen) atoms. The third kappa shape index (κ3) is 11.8. The van der Waals surface area contributed by atoms with Crippen LogP contribution in [0.15, 0.2) is 91.0 Å². The first kappa shape index (κ1) is 26.5. The number of ether oxygens (including phenoxy) is 1. The van der Waals surface area contributed by atoms with Gasteiger partial charge in [-0.05, 0) is 55.4 Å². The lowest BCUT2D eigenvalue weighted by Gasteiger charge is -2.03. The highest BCUT2D eigenvalue weighted by Crippen LogP contribution is 2.08. The van der Waals surface area contributed by atoms with Crippen molar-refractivity contribution in [3.63, 3.8) is 0 Å². The molecule has 5 nitrogen and oxygen atoms in total. The molecule has 3 aromatic rings. The van der Waals surface area contributed by atoms with E-state index in [2.05, 4.69) is 12.1 Å². The first-order valence-corrected chi connectivity index (χ1v) is 11.6. The number of unbranched alkanes of at least 4 members (excludes halogenated alkanes) is 2. The molecule has 0 heterocycles. The Morgan fingerprint density at radius 2 is 1.09 bits per heavy atom. The summed E-state index contributed by atoms with van der Waals surface area (Å²) in [6.45, 7) is 0. The Bertz CT molecular complexity index is 985. The third-order valence-corrected chi connectivity index (χ3v) is 5.10. The van der Waals surface area contributed by atoms with Gasteiger partial charge in [-0.3, -0.25) is 9.59 Å². The van der Waals surface area contributed by atoms with Crippen LogP contribution in [0.3, 0.4) is 0 Å². The Morgan fingerprint density at radius 3 is 1.62 bits per heavy atom. The van der Waals surface area contributed by atoms with Crippen molar-refractivity contribution >= 4 is 17.9 Å². The number of aliphatic carboxylic acids is 1. The number of hydrogen-bond donors (Lipinski definition) is 1. The van der Waals surface area contributed by atoms with Gasteiger partial charge in [-0.15, -0.1) is 0 Å². The van der Waals surface area contributed by atoms with Crippen molar-refractivity contribution in [3.8, 4) is 0 Å². The molecule has 0 atom stereocenters. The topological polar surface area (TPSA) is 80.7 Å². The number of carbonyl (C=O) groups is 3. The van der Waals surface area contributed by atoms with Crippen LogP contribution in [0.25, 0.3) is 0 Å². The molecule has 3 rings (SSSR count). The van der Waals surface area contributed by atoms with Gasteiger partial charge in [0.15, 0.2) is 0 Å². The zero-order chi connectivity index (χ0) is 24.4. The van der Waals surface area contributed by atoms with Crippen LogP contribution in [0.5, 0.6) is 0 Å². The average Bonchev–Trinajstić information content (AvgIpc) is 2.86. The van der Waals surface area contributed by atoms with E-state index in [1.165, 1.54) is 11.1 Å². The number of benzene rings is 3. The van der Waals surface area contributed by atoms with Gasteiger partial charge in [0, 0.05) is 12.8 Å². The second-order valence-corrected chi connectivity index (χ2v) is 7.91. The Balaban J connectivity index is 0.000000257. The maximum atomic E-state index is 11.6. The standard InChI is InChI=1S/C17H16O3.C12H16O2/c18-16(13-7-10-14-8-3-1-4-9-14)20-17(19)15-11-5-2-6-12-15;13-12(14)10-6-2-5-9-11-7-3-1-4-8-11/h1-6,8-9,11-12H,7,10,13H2;1,3-4,7-8H,2,5-6,9-10H2,(H,13,14). The van der Waals surface area contributed by atoms with E-state index < -0.39 is 17.9 Å². The lowest BCUT2D eigenvalue weighted by molar-refractivity contribution is -0.138. The molecule has 0 amide bonds. The zero-order valence-corrected chi connectivity index (χ0v) is 19.4. The van der Waals surface area contributed by atoms with E-state index >= 15 is 0 Å². The lowest BCUT2D eigenvalue weighted by Crippen LogP contribution is -2.12. The first-order chi connectivity index (χ1) is 16.5. The molecule has 0 saturated heterocycles. The summed E-state index contributed by atoms with van der Waals surface area (Å²) in [7, 11) is 0. The molecule has 0 unspecified atom stereocenters. The first-order valence-electron chi connectivity index (χ1n) is 11.6. The fourth-order valence-electron chi connectivity index (χ4n) is 3.30. The molecular weight excluding hydrogens is 428 g/mol. The van der Waals surface area contributed by atoms with E-state index in [4.69, 9.17) is 9.84 Å². The van der Waals surface area contributed by atoms with Gasteiger partial charge in [-0.25, -0.2) is 4.79 Å². The van der Waals surface area contributed by atoms with Gasteiger partial charge >= 0.3 is 17.9 Å². The van der Waals surface area contributed by atoms with Gasteiger partial charge < -0.3 is 9.84 Å². The van der Waals surface area contributed by atoms with E-state index in [0.717, 1.165) is 32.1 Å². The van der Waals surface area contributed by atoms with Crippen LogP contribution in [0.4, 0.5) is 0 Å². The van der Waals surface area contributed by atoms with Crippen LogP contribution in [-0.2, 0) is 27.2 Å². The van der Waals surface area contributed by atoms with E-state index in [0.29, 0.717) is 18.4 Å². The maximum absolute atomic E-state index is 11.6. The molecule has 0 aliphatic heterocycles. The van der Waals surface area contributed by atoms with E-state index in [9.17, 15) is 14.4 Å². The van der Waals surface area contributed by atoms with Crippen molar-refractivity contribution in [1.29, 1.82) is 0 Å². The predicted octanol–water partition coefficient (Wildman–Crippen LogP) is 6.27. The largest absolute Gasteiger partial charge is 0.481 e. The summed E-state index contributed by atoms with van der Waals surface area (Å²) >= 11 is 0. The van der Waals surface area contributed by atoms with E-state index in [1.807, 2.05) is 48.5 Å². The van der Waals surface area contributed by atoms with Crippen molar-refractivity contribution in [3.05, 3.63) is 108 Å². The van der Waals surface area contributed by atoms with Gasteiger partial charge in [0.1, 0.15) is 0 Å². The minimum absolute atomic E-state index is 0.244. The summed E-state index contributed by atoms with van der Waals surface area (Å²) in [6.07, 6.45) is 5.95. The summed E-state index contributed by atoms with van der Waals surface area (Å²) in [5.74, 6) is -1.75. The summed E-state index contributed by atoms with van der Waals surface area (Å²) in [5, 5.41) is 8.43. The molecule has 0 bridgehead atoms. The van der Waals surface area contributed by atoms with Crippen LogP contribution in [0.1, 0.15) is 60.0 Å². The maximum Gasteiger partial charge on any atom is 0.345 e. The number of aryl methyl sites for hydroxylation is 2. The second kappa shape index (κ2) is 16.0. The fraction of sp³-hybridized carbons (Fsp3) is 0.276. The smallest absolute Gasteiger partial charge is 0.345 e. The number of hydrogen-bond acceptors (Lipinski definition) is 4. The summed E-state index contributed by atoms with van der Waals surface area (Å²) in [5.41, 5.74) is 2.90. The highest BCUT2D eigenvalue weighted by Gasteiger charge is 2.12. The zero-order valence-electron chi connectivity index (χ0n) is 19.4. The van der Waals surface area contributed by atoms with Crippen LogP contribution in [0, 0.1) is 0 Å². The number of carboxylic acid groups (broad SMARTS) is 1. The predicted molar refractivity (Wildman–Crippen MR) is 132 cm³/mol. The molecule has 0 aliphatic rings. The van der Waals surface area contributed by atoms with Gasteiger partial charge in [0.05, 0.1) is 5.56 Å². The number of rotatable bonds is 11.